The fraction of sp³-hybridized carbons (Fsp3) is 0.351. The van der Waals surface area contributed by atoms with E-state index in [9.17, 15) is 19.5 Å². The largest absolute Gasteiger partial charge is 0.504 e. The van der Waals surface area contributed by atoms with Crippen LogP contribution in [0.3, 0.4) is 0 Å². The van der Waals surface area contributed by atoms with Gasteiger partial charge >= 0.3 is 0 Å². The van der Waals surface area contributed by atoms with Gasteiger partial charge in [0.15, 0.2) is 11.5 Å². The molecular weight excluding hydrogens is 604 g/mol. The van der Waals surface area contributed by atoms with Crippen molar-refractivity contribution < 1.29 is 29.0 Å². The number of fused-ring (bicyclic) bond motifs is 4. The van der Waals surface area contributed by atoms with Gasteiger partial charge in [-0.3, -0.25) is 24.1 Å². The van der Waals surface area contributed by atoms with Crippen molar-refractivity contribution >= 4 is 40.9 Å². The first-order chi connectivity index (χ1) is 21.9. The van der Waals surface area contributed by atoms with Gasteiger partial charge in [0.1, 0.15) is 0 Å². The van der Waals surface area contributed by atoms with Crippen LogP contribution in [0, 0.1) is 23.7 Å². The predicted octanol–water partition coefficient (Wildman–Crippen LogP) is 6.02. The number of carbonyl (C=O) groups excluding carboxylic acids is 4. The van der Waals surface area contributed by atoms with E-state index in [-0.39, 0.29) is 41.5 Å². The van der Waals surface area contributed by atoms with Crippen LogP contribution in [-0.4, -0.2) is 46.3 Å². The molecule has 2 aliphatic heterocycles. The number of aromatic hydroxyl groups is 1. The van der Waals surface area contributed by atoms with Crippen molar-refractivity contribution in [2.45, 2.75) is 50.5 Å². The molecule has 9 heteroatoms. The van der Waals surface area contributed by atoms with Gasteiger partial charge < -0.3 is 9.84 Å². The van der Waals surface area contributed by atoms with E-state index in [0.717, 1.165) is 5.57 Å². The van der Waals surface area contributed by atoms with E-state index in [0.29, 0.717) is 28.3 Å². The highest BCUT2D eigenvalue weighted by Crippen LogP contribution is 2.65. The summed E-state index contributed by atoms with van der Waals surface area (Å²) in [7, 11) is 1.46. The minimum absolute atomic E-state index is 0.0617. The minimum atomic E-state index is -1.40. The zero-order valence-corrected chi connectivity index (χ0v) is 26.8. The number of anilines is 1. The number of phenols is 1. The summed E-state index contributed by atoms with van der Waals surface area (Å²) < 4.78 is 5.51. The normalized spacial score (nSPS) is 29.0. The van der Waals surface area contributed by atoms with Gasteiger partial charge in [0, 0.05) is 16.5 Å². The molecule has 236 valence electrons. The van der Waals surface area contributed by atoms with Gasteiger partial charge in [-0.25, -0.2) is 4.90 Å². The number of rotatable bonds is 4. The Labute approximate surface area is 272 Å². The second-order valence-electron chi connectivity index (χ2n) is 13.7. The number of nitrogens with zero attached hydrogens (tertiary/aromatic N) is 2. The Kier molecular flexibility index (Phi) is 6.94. The molecule has 2 aliphatic carbocycles. The summed E-state index contributed by atoms with van der Waals surface area (Å²) in [5.41, 5.74) is 0.450. The van der Waals surface area contributed by atoms with E-state index in [2.05, 4.69) is 0 Å². The number of methoxy groups -OCH3 is 1. The first-order valence-corrected chi connectivity index (χ1v) is 15.9. The maximum atomic E-state index is 15.2. The lowest BCUT2D eigenvalue weighted by Crippen LogP contribution is -2.53. The third kappa shape index (κ3) is 4.12. The van der Waals surface area contributed by atoms with E-state index in [1.807, 2.05) is 57.2 Å². The topological polar surface area (TPSA) is 104 Å². The van der Waals surface area contributed by atoms with Crippen LogP contribution in [0.5, 0.6) is 11.5 Å². The lowest BCUT2D eigenvalue weighted by atomic mass is 9.49. The predicted molar refractivity (Wildman–Crippen MR) is 172 cm³/mol. The van der Waals surface area contributed by atoms with Gasteiger partial charge in [-0.05, 0) is 81.0 Å². The second-order valence-corrected chi connectivity index (χ2v) is 14.1. The minimum Gasteiger partial charge on any atom is -0.504 e. The zero-order chi connectivity index (χ0) is 32.7. The van der Waals surface area contributed by atoms with Crippen molar-refractivity contribution in [2.24, 2.45) is 23.7 Å². The molecule has 4 amide bonds. The molecule has 0 unspecified atom stereocenters. The van der Waals surface area contributed by atoms with E-state index >= 15 is 4.79 Å². The number of hydrogen-bond acceptors (Lipinski definition) is 6. The third-order valence-electron chi connectivity index (χ3n) is 10.4. The lowest BCUT2D eigenvalue weighted by Gasteiger charge is -2.50. The molecule has 4 aliphatic rings. The molecule has 3 fully saturated rings. The summed E-state index contributed by atoms with van der Waals surface area (Å²) in [5, 5.41) is 11.0. The molecule has 2 saturated heterocycles. The molecule has 3 aromatic carbocycles. The average molecular weight is 639 g/mol. The Morgan fingerprint density at radius 3 is 2.30 bits per heavy atom. The van der Waals surface area contributed by atoms with Gasteiger partial charge in [0.25, 0.3) is 0 Å². The van der Waals surface area contributed by atoms with Crippen LogP contribution in [0.1, 0.15) is 50.7 Å². The summed E-state index contributed by atoms with van der Waals surface area (Å²) >= 11 is 6.37. The molecule has 0 aromatic heterocycles. The van der Waals surface area contributed by atoms with Crippen LogP contribution in [-0.2, 0) is 24.6 Å². The third-order valence-corrected chi connectivity index (χ3v) is 10.6. The molecular formula is C37H35ClN2O6. The summed E-state index contributed by atoms with van der Waals surface area (Å²) in [4.78, 5) is 60.5. The fourth-order valence-corrected chi connectivity index (χ4v) is 8.84. The number of phenolic OH excluding ortho intramolecular Hbond substituents is 1. The molecule has 0 spiro atoms. The Bertz CT molecular complexity index is 1830. The molecule has 1 N–H and O–H groups in total. The molecule has 2 heterocycles. The molecule has 3 aromatic rings. The highest BCUT2D eigenvalue weighted by atomic mass is 35.5. The molecule has 6 atom stereocenters. The maximum absolute atomic E-state index is 15.2. The molecule has 46 heavy (non-hydrogen) atoms. The standard InChI is InChI=1S/C37H35ClN2O6/c1-36(2,3)40-32(42)25-15-14-24-26(30(25)34(40)44)19-27-33(43)39(23-12-8-11-22(38)18-23)35(45)37(27,21-9-6-5-7-10-21)31(24)20-13-16-28(41)29(17-20)46-4/h5-14,16-18,25-27,30-31,41H,15,19H2,1-4H3/t25-,26+,27-,30-,31-,37+/m0/s1. The van der Waals surface area contributed by atoms with Gasteiger partial charge in [-0.2, -0.15) is 0 Å². The van der Waals surface area contributed by atoms with Crippen molar-refractivity contribution in [3.8, 4) is 11.5 Å². The smallest absolute Gasteiger partial charge is 0.246 e. The van der Waals surface area contributed by atoms with Crippen LogP contribution in [0.15, 0.2) is 84.4 Å². The summed E-state index contributed by atoms with van der Waals surface area (Å²) in [5.74, 6) is -4.29. The molecule has 1 saturated carbocycles. The Hall–Kier alpha value is -4.43. The van der Waals surface area contributed by atoms with Crippen molar-refractivity contribution in [2.75, 3.05) is 12.0 Å². The van der Waals surface area contributed by atoms with Crippen LogP contribution in [0.4, 0.5) is 5.69 Å². The first-order valence-electron chi connectivity index (χ1n) is 15.6. The van der Waals surface area contributed by atoms with E-state index in [4.69, 9.17) is 16.3 Å². The van der Waals surface area contributed by atoms with E-state index in [1.54, 1.807) is 36.4 Å². The second kappa shape index (κ2) is 10.6. The first kappa shape index (κ1) is 30.2. The van der Waals surface area contributed by atoms with Crippen molar-refractivity contribution in [3.05, 3.63) is 101 Å². The van der Waals surface area contributed by atoms with Crippen molar-refractivity contribution in [3.63, 3.8) is 0 Å². The Morgan fingerprint density at radius 1 is 0.891 bits per heavy atom. The number of ether oxygens (including phenoxy) is 1. The fourth-order valence-electron chi connectivity index (χ4n) is 8.65. The van der Waals surface area contributed by atoms with Gasteiger partial charge in [-0.1, -0.05) is 65.7 Å². The molecule has 7 rings (SSSR count). The number of hydrogen-bond donors (Lipinski definition) is 1. The highest BCUT2D eigenvalue weighted by Gasteiger charge is 2.70. The number of benzene rings is 3. The molecule has 0 bridgehead atoms. The Balaban J connectivity index is 1.50. The SMILES string of the molecule is COc1cc([C@H]2C3=CC[C@@H]4C(=O)N(C(C)(C)C)C(=O)[C@@H]4[C@@H]3C[C@H]3C(=O)N(c4cccc(Cl)c4)C(=O)[C@@]23c2ccccc2)ccc1O. The maximum Gasteiger partial charge on any atom is 0.246 e. The van der Waals surface area contributed by atoms with E-state index in [1.165, 1.54) is 23.0 Å². The summed E-state index contributed by atoms with van der Waals surface area (Å²) in [6, 6.07) is 21.0. The average Bonchev–Trinajstić information content (AvgIpc) is 3.42. The van der Waals surface area contributed by atoms with E-state index < -0.39 is 40.5 Å². The number of allylic oxidation sites excluding steroid dienone is 2. The highest BCUT2D eigenvalue weighted by molar-refractivity contribution is 6.32. The van der Waals surface area contributed by atoms with Crippen LogP contribution in [0.2, 0.25) is 5.02 Å². The van der Waals surface area contributed by atoms with Crippen molar-refractivity contribution in [1.29, 1.82) is 0 Å². The van der Waals surface area contributed by atoms with Crippen LogP contribution >= 0.6 is 11.6 Å². The summed E-state index contributed by atoms with van der Waals surface area (Å²) in [6.07, 6.45) is 2.58. The Morgan fingerprint density at radius 2 is 1.63 bits per heavy atom. The van der Waals surface area contributed by atoms with Crippen LogP contribution < -0.4 is 9.64 Å². The number of carbonyl (C=O) groups is 4. The molecule has 0 radical (unpaired) electrons. The van der Waals surface area contributed by atoms with Crippen molar-refractivity contribution in [1.82, 2.24) is 4.90 Å². The van der Waals surface area contributed by atoms with Gasteiger partial charge in [-0.15, -0.1) is 0 Å². The van der Waals surface area contributed by atoms with Gasteiger partial charge in [0.2, 0.25) is 23.6 Å². The number of halogens is 1. The number of imide groups is 2. The number of amides is 4. The quantitative estimate of drug-likeness (QED) is 0.277. The van der Waals surface area contributed by atoms with Crippen LogP contribution in [0.25, 0.3) is 0 Å². The monoisotopic (exact) mass is 638 g/mol. The molecule has 8 nitrogen and oxygen atoms in total. The lowest BCUT2D eigenvalue weighted by molar-refractivity contribution is -0.145. The number of likely N-dealkylation sites (tertiary alicyclic amines) is 1. The zero-order valence-electron chi connectivity index (χ0n) is 26.1. The van der Waals surface area contributed by atoms with Gasteiger partial charge in [0.05, 0.1) is 36.0 Å². The summed E-state index contributed by atoms with van der Waals surface area (Å²) in [6.45, 7) is 5.55.